The highest BCUT2D eigenvalue weighted by Gasteiger charge is 2.54. The molecule has 2 rings (SSSR count). The Balaban J connectivity index is 2.08. The summed E-state index contributed by atoms with van der Waals surface area (Å²) in [6.45, 7) is 17.2. The van der Waals surface area contributed by atoms with Crippen LogP contribution in [0.25, 0.3) is 0 Å². The van der Waals surface area contributed by atoms with Crippen LogP contribution in [0, 0.1) is 5.92 Å². The molecule has 0 aromatic heterocycles. The minimum atomic E-state index is -1.95. The number of hydrogen-bond acceptors (Lipinski definition) is 7. The highest BCUT2D eigenvalue weighted by atomic mass is 31.0. The number of unbranched alkanes of at least 4 members (excludes halogenated alkanes) is 1. The van der Waals surface area contributed by atoms with Crippen molar-refractivity contribution in [3.05, 3.63) is 11.8 Å². The normalized spacial score (nSPS) is 28.1. The fourth-order valence-electron chi connectivity index (χ4n) is 4.71. The van der Waals surface area contributed by atoms with Crippen LogP contribution in [0.2, 0.25) is 18.1 Å². The van der Waals surface area contributed by atoms with Crippen molar-refractivity contribution in [3.63, 3.8) is 0 Å². The second-order valence-electron chi connectivity index (χ2n) is 12.2. The van der Waals surface area contributed by atoms with E-state index >= 15 is 0 Å². The van der Waals surface area contributed by atoms with Crippen LogP contribution in [0.1, 0.15) is 86.0 Å². The van der Waals surface area contributed by atoms with E-state index in [1.807, 2.05) is 0 Å². The number of rotatable bonds is 14. The monoisotopic (exact) mass is 545 g/mol. The number of esters is 1. The average Bonchev–Trinajstić information content (AvgIpc) is 3.15. The Morgan fingerprint density at radius 1 is 1.22 bits per heavy atom. The molecule has 0 aromatic carbocycles. The van der Waals surface area contributed by atoms with Crippen LogP contribution in [-0.4, -0.2) is 58.0 Å². The summed E-state index contributed by atoms with van der Waals surface area (Å²) in [5.41, 5.74) is 6.39. The summed E-state index contributed by atoms with van der Waals surface area (Å²) in [5.74, 6) is -0.348. The van der Waals surface area contributed by atoms with Gasteiger partial charge in [-0.2, -0.15) is 0 Å². The van der Waals surface area contributed by atoms with Crippen LogP contribution < -0.4 is 5.73 Å². The minimum absolute atomic E-state index is 0.0148. The number of nitrogens with two attached hydrogens (primary N) is 1. The van der Waals surface area contributed by atoms with Gasteiger partial charge in [0.25, 0.3) is 0 Å². The molecule has 2 aliphatic heterocycles. The van der Waals surface area contributed by atoms with Crippen LogP contribution in [0.4, 0.5) is 0 Å². The predicted octanol–water partition coefficient (Wildman–Crippen LogP) is 5.88. The van der Waals surface area contributed by atoms with Crippen molar-refractivity contribution in [1.29, 1.82) is 0 Å². The zero-order valence-corrected chi connectivity index (χ0v) is 25.9. The Morgan fingerprint density at radius 3 is 2.58 bits per heavy atom. The summed E-state index contributed by atoms with van der Waals surface area (Å²) in [6, 6.07) is 0. The number of ether oxygens (including phenoxy) is 3. The van der Waals surface area contributed by atoms with Crippen LogP contribution in [-0.2, 0) is 28.0 Å². The molecule has 2 heterocycles. The van der Waals surface area contributed by atoms with E-state index in [1.54, 1.807) is 0 Å². The van der Waals surface area contributed by atoms with Gasteiger partial charge in [0.05, 0.1) is 38.1 Å². The Kier molecular flexibility index (Phi) is 12.4. The third-order valence-corrected chi connectivity index (χ3v) is 12.9. The summed E-state index contributed by atoms with van der Waals surface area (Å²) in [5, 5.41) is 0.127. The van der Waals surface area contributed by atoms with E-state index < -0.39 is 13.9 Å². The molecule has 0 spiro atoms. The first-order chi connectivity index (χ1) is 16.8. The van der Waals surface area contributed by atoms with Gasteiger partial charge in [-0.25, -0.2) is 4.79 Å². The lowest BCUT2D eigenvalue weighted by Gasteiger charge is -2.45. The number of carbonyl (C=O) groups excluding carboxylic acids is 1. The molecule has 0 radical (unpaired) electrons. The quantitative estimate of drug-likeness (QED) is 0.0958. The molecule has 7 nitrogen and oxygen atoms in total. The van der Waals surface area contributed by atoms with Crippen molar-refractivity contribution in [2.24, 2.45) is 11.7 Å². The maximum atomic E-state index is 12.1. The van der Waals surface area contributed by atoms with Gasteiger partial charge >= 0.3 is 5.97 Å². The Labute approximate surface area is 223 Å². The third-order valence-electron chi connectivity index (χ3n) is 8.15. The Bertz CT molecular complexity index is 728. The van der Waals surface area contributed by atoms with Gasteiger partial charge < -0.3 is 28.9 Å². The van der Waals surface area contributed by atoms with Crippen LogP contribution in [0.3, 0.4) is 0 Å². The van der Waals surface area contributed by atoms with Crippen LogP contribution in [0.5, 0.6) is 0 Å². The number of carbonyl (C=O) groups is 1. The second-order valence-corrected chi connectivity index (χ2v) is 17.3. The topological polar surface area (TPSA) is 89.2 Å². The smallest absolute Gasteiger partial charge is 0.332 e. The summed E-state index contributed by atoms with van der Waals surface area (Å²) in [7, 11) is 0.369. The van der Waals surface area contributed by atoms with E-state index in [1.165, 1.54) is 6.08 Å². The number of hydrogen-bond donors (Lipinski definition) is 1. The SMILES string of the molecule is CCCCOC(=O)/C=C(\N)[C@H](C)C[C@H]1CC[C@@H]2O[C@@H](CCCOP)C[C@]2(CO[Si](C)(C)C(C)(C)C)O1. The molecule has 1 unspecified atom stereocenters. The molecule has 9 heteroatoms. The van der Waals surface area contributed by atoms with E-state index in [4.69, 9.17) is 28.9 Å². The third kappa shape index (κ3) is 9.06. The molecular weight excluding hydrogens is 493 g/mol. The lowest BCUT2D eigenvalue weighted by Crippen LogP contribution is -2.55. The number of allylic oxidation sites excluding steroid dienone is 1. The molecule has 210 valence electrons. The second kappa shape index (κ2) is 14.0. The van der Waals surface area contributed by atoms with Gasteiger partial charge in [-0.15, -0.1) is 0 Å². The van der Waals surface area contributed by atoms with Crippen molar-refractivity contribution in [2.45, 2.75) is 128 Å². The fourth-order valence-corrected chi connectivity index (χ4v) is 5.91. The maximum Gasteiger partial charge on any atom is 0.332 e. The van der Waals surface area contributed by atoms with Crippen molar-refractivity contribution < 1.29 is 28.0 Å². The predicted molar refractivity (Wildman–Crippen MR) is 150 cm³/mol. The molecule has 0 aromatic rings. The van der Waals surface area contributed by atoms with E-state index in [0.29, 0.717) is 25.5 Å². The summed E-state index contributed by atoms with van der Waals surface area (Å²) >= 11 is 0. The van der Waals surface area contributed by atoms with Crippen molar-refractivity contribution in [1.82, 2.24) is 0 Å². The molecule has 0 aliphatic carbocycles. The largest absolute Gasteiger partial charge is 0.462 e. The van der Waals surface area contributed by atoms with E-state index in [9.17, 15) is 4.79 Å². The van der Waals surface area contributed by atoms with Crippen molar-refractivity contribution in [2.75, 3.05) is 19.8 Å². The molecule has 6 atom stereocenters. The zero-order chi connectivity index (χ0) is 27.0. The summed E-state index contributed by atoms with van der Waals surface area (Å²) in [4.78, 5) is 12.1. The highest BCUT2D eigenvalue weighted by molar-refractivity contribution is 7.09. The van der Waals surface area contributed by atoms with Crippen LogP contribution >= 0.6 is 9.47 Å². The lowest BCUT2D eigenvalue weighted by molar-refractivity contribution is -0.183. The van der Waals surface area contributed by atoms with Gasteiger partial charge in [0.15, 0.2) is 8.32 Å². The standard InChI is InChI=1S/C27H52NO6PSi/c1-8-9-14-30-25(29)17-23(28)20(2)16-21-12-13-24-27(34-21,18-22(33-24)11-10-15-31-35)19-32-36(6,7)26(3,4)5/h17,20-22,24H,8-16,18-19,28,35H2,1-7H3/b23-17-/t20-,21-,22+,24+,27-/m1/s1. The van der Waals surface area contributed by atoms with E-state index in [2.05, 4.69) is 57.2 Å². The molecule has 36 heavy (non-hydrogen) atoms. The minimum Gasteiger partial charge on any atom is -0.462 e. The molecule has 2 N–H and O–H groups in total. The van der Waals surface area contributed by atoms with Crippen molar-refractivity contribution in [3.8, 4) is 0 Å². The molecular formula is C27H52NO6PSi. The van der Waals surface area contributed by atoms with Gasteiger partial charge in [0.1, 0.15) is 5.60 Å². The van der Waals surface area contributed by atoms with Gasteiger partial charge in [-0.3, -0.25) is 0 Å². The first-order valence-corrected chi connectivity index (χ1v) is 17.1. The molecule has 0 bridgehead atoms. The highest BCUT2D eigenvalue weighted by Crippen LogP contribution is 2.46. The fraction of sp³-hybridized carbons (Fsp3) is 0.889. The summed E-state index contributed by atoms with van der Waals surface area (Å²) in [6.07, 6.45) is 8.86. The van der Waals surface area contributed by atoms with Gasteiger partial charge in [-0.1, -0.05) is 41.0 Å². The van der Waals surface area contributed by atoms with Crippen molar-refractivity contribution >= 4 is 23.8 Å². The average molecular weight is 546 g/mol. The molecule has 2 saturated heterocycles. The van der Waals surface area contributed by atoms with Gasteiger partial charge in [-0.05, 0) is 62.6 Å². The van der Waals surface area contributed by atoms with Gasteiger partial charge in [0, 0.05) is 27.7 Å². The molecule has 0 saturated carbocycles. The Morgan fingerprint density at radius 2 is 1.94 bits per heavy atom. The lowest BCUT2D eigenvalue weighted by atomic mass is 9.84. The van der Waals surface area contributed by atoms with Crippen LogP contribution in [0.15, 0.2) is 11.8 Å². The van der Waals surface area contributed by atoms with E-state index in [0.717, 1.165) is 51.4 Å². The summed E-state index contributed by atoms with van der Waals surface area (Å²) < 4.78 is 30.5. The maximum absolute atomic E-state index is 12.1. The van der Waals surface area contributed by atoms with E-state index in [-0.39, 0.29) is 35.2 Å². The first kappa shape index (κ1) is 31.7. The number of fused-ring (bicyclic) bond motifs is 1. The molecule has 2 aliphatic rings. The molecule has 0 amide bonds. The Hall–Kier alpha value is -0.503. The van der Waals surface area contributed by atoms with Gasteiger partial charge in [0.2, 0.25) is 0 Å². The molecule has 2 fully saturated rings. The zero-order valence-electron chi connectivity index (χ0n) is 23.8. The first-order valence-electron chi connectivity index (χ1n) is 13.8.